The van der Waals surface area contributed by atoms with E-state index in [-0.39, 0.29) is 5.41 Å². The molecular weight excluding hydrogens is 274 g/mol. The maximum atomic E-state index is 12.9. The van der Waals surface area contributed by atoms with E-state index in [0.717, 1.165) is 44.9 Å². The van der Waals surface area contributed by atoms with Crippen molar-refractivity contribution in [3.8, 4) is 0 Å². The minimum Gasteiger partial charge on any atom is -0.339 e. The van der Waals surface area contributed by atoms with Crippen molar-refractivity contribution in [3.05, 3.63) is 0 Å². The molecule has 22 heavy (non-hydrogen) atoms. The average molecular weight is 309 g/mol. The van der Waals surface area contributed by atoms with Crippen LogP contribution in [0.2, 0.25) is 0 Å². The molecule has 1 fully saturated rings. The Bertz CT molecular complexity index is 325. The predicted molar refractivity (Wildman–Crippen MR) is 91.8 cm³/mol. The van der Waals surface area contributed by atoms with Crippen LogP contribution in [0.4, 0.5) is 0 Å². The molecule has 1 rings (SSSR count). The van der Waals surface area contributed by atoms with E-state index in [9.17, 15) is 9.59 Å². The van der Waals surface area contributed by atoms with Crippen LogP contribution in [-0.2, 0) is 9.59 Å². The van der Waals surface area contributed by atoms with Crippen molar-refractivity contribution in [2.24, 2.45) is 5.41 Å². The lowest BCUT2D eigenvalue weighted by Crippen LogP contribution is -2.46. The molecule has 1 saturated carbocycles. The smallest absolute Gasteiger partial charge is 0.228 e. The molecule has 0 spiro atoms. The monoisotopic (exact) mass is 309 g/mol. The number of aldehydes is 1. The molecule has 0 aromatic rings. The van der Waals surface area contributed by atoms with Gasteiger partial charge in [-0.05, 0) is 25.7 Å². The third kappa shape index (κ3) is 6.93. The van der Waals surface area contributed by atoms with Crippen LogP contribution in [-0.4, -0.2) is 29.7 Å². The van der Waals surface area contributed by atoms with Crippen LogP contribution in [0.3, 0.4) is 0 Å². The van der Waals surface area contributed by atoms with E-state index in [1.165, 1.54) is 32.1 Å². The first kappa shape index (κ1) is 19.2. The minimum absolute atomic E-state index is 0.300. The lowest BCUT2D eigenvalue weighted by Gasteiger charge is -2.37. The highest BCUT2D eigenvalue weighted by molar-refractivity contribution is 5.81. The fourth-order valence-corrected chi connectivity index (χ4v) is 3.31. The quantitative estimate of drug-likeness (QED) is 0.503. The third-order valence-electron chi connectivity index (χ3n) is 4.64. The van der Waals surface area contributed by atoms with Gasteiger partial charge >= 0.3 is 0 Å². The molecule has 0 aliphatic heterocycles. The van der Waals surface area contributed by atoms with Crippen LogP contribution in [0, 0.1) is 5.41 Å². The van der Waals surface area contributed by atoms with Gasteiger partial charge in [-0.25, -0.2) is 0 Å². The summed E-state index contributed by atoms with van der Waals surface area (Å²) in [6.07, 6.45) is 13.5. The number of carbonyl (C=O) groups excluding carboxylic acids is 2. The first-order valence-electron chi connectivity index (χ1n) is 9.21. The molecule has 0 N–H and O–H groups in total. The molecule has 1 amide bonds. The van der Waals surface area contributed by atoms with E-state index in [0.29, 0.717) is 18.4 Å². The van der Waals surface area contributed by atoms with E-state index >= 15 is 0 Å². The number of hydrogen-bond donors (Lipinski definition) is 0. The molecule has 3 heteroatoms. The van der Waals surface area contributed by atoms with Crippen molar-refractivity contribution in [1.29, 1.82) is 0 Å². The second-order valence-corrected chi connectivity index (χ2v) is 7.76. The average Bonchev–Trinajstić information content (AvgIpc) is 2.42. The summed E-state index contributed by atoms with van der Waals surface area (Å²) in [6.45, 7) is 6.94. The highest BCUT2D eigenvalue weighted by atomic mass is 16.2. The SMILES string of the molecule is CC(C)(C)C(=O)N(CCCCCC=O)C1CCCCCCC1. The summed E-state index contributed by atoms with van der Waals surface area (Å²) >= 11 is 0. The van der Waals surface area contributed by atoms with E-state index in [2.05, 4.69) is 4.90 Å². The zero-order chi connectivity index (χ0) is 16.4. The Morgan fingerprint density at radius 2 is 1.59 bits per heavy atom. The van der Waals surface area contributed by atoms with Crippen LogP contribution < -0.4 is 0 Å². The highest BCUT2D eigenvalue weighted by Gasteiger charge is 2.31. The summed E-state index contributed by atoms with van der Waals surface area (Å²) in [5, 5.41) is 0. The maximum absolute atomic E-state index is 12.9. The zero-order valence-corrected chi connectivity index (χ0v) is 14.9. The van der Waals surface area contributed by atoms with Crippen LogP contribution in [0.5, 0.6) is 0 Å². The zero-order valence-electron chi connectivity index (χ0n) is 14.9. The van der Waals surface area contributed by atoms with Gasteiger partial charge in [0.2, 0.25) is 5.91 Å². The Labute approximate surface area is 136 Å². The number of nitrogens with zero attached hydrogens (tertiary/aromatic N) is 1. The topological polar surface area (TPSA) is 37.4 Å². The van der Waals surface area contributed by atoms with Gasteiger partial charge in [0.1, 0.15) is 6.29 Å². The molecule has 128 valence electrons. The number of unbranched alkanes of at least 4 members (excludes halogenated alkanes) is 3. The van der Waals surface area contributed by atoms with Gasteiger partial charge in [-0.2, -0.15) is 0 Å². The third-order valence-corrected chi connectivity index (χ3v) is 4.64. The number of carbonyl (C=O) groups is 2. The van der Waals surface area contributed by atoms with Gasteiger partial charge in [-0.3, -0.25) is 4.79 Å². The Morgan fingerprint density at radius 3 is 2.14 bits per heavy atom. The van der Waals surface area contributed by atoms with Crippen molar-refractivity contribution >= 4 is 12.2 Å². The molecule has 1 aliphatic carbocycles. The molecule has 3 nitrogen and oxygen atoms in total. The van der Waals surface area contributed by atoms with Crippen molar-refractivity contribution in [2.75, 3.05) is 6.54 Å². The summed E-state index contributed by atoms with van der Waals surface area (Å²) < 4.78 is 0. The second kappa shape index (κ2) is 10.0. The summed E-state index contributed by atoms with van der Waals surface area (Å²) in [4.78, 5) is 25.4. The van der Waals surface area contributed by atoms with Crippen LogP contribution in [0.25, 0.3) is 0 Å². The van der Waals surface area contributed by atoms with Gasteiger partial charge in [-0.1, -0.05) is 59.3 Å². The number of rotatable bonds is 7. The Hall–Kier alpha value is -0.860. The summed E-state index contributed by atoms with van der Waals surface area (Å²) in [7, 11) is 0. The van der Waals surface area contributed by atoms with Crippen LogP contribution in [0.1, 0.15) is 91.4 Å². The maximum Gasteiger partial charge on any atom is 0.228 e. The lowest BCUT2D eigenvalue weighted by atomic mass is 9.90. The van der Waals surface area contributed by atoms with Crippen LogP contribution >= 0.6 is 0 Å². The molecule has 0 atom stereocenters. The van der Waals surface area contributed by atoms with Gasteiger partial charge in [0, 0.05) is 24.4 Å². The van der Waals surface area contributed by atoms with Gasteiger partial charge < -0.3 is 9.69 Å². The van der Waals surface area contributed by atoms with Gasteiger partial charge in [-0.15, -0.1) is 0 Å². The Kier molecular flexibility index (Phi) is 8.74. The molecule has 0 unspecified atom stereocenters. The molecular formula is C19H35NO2. The molecule has 1 aliphatic rings. The Balaban J connectivity index is 2.63. The summed E-state index contributed by atoms with van der Waals surface area (Å²) in [5.41, 5.74) is -0.300. The first-order chi connectivity index (χ1) is 10.5. The van der Waals surface area contributed by atoms with E-state index in [1.54, 1.807) is 0 Å². The molecule has 0 saturated heterocycles. The standard InChI is InChI=1S/C19H35NO2/c1-19(2,3)18(22)20(15-11-7-8-12-16-21)17-13-9-5-4-6-10-14-17/h16-17H,4-15H2,1-3H3. The predicted octanol–water partition coefficient (Wildman–Crippen LogP) is 4.73. The van der Waals surface area contributed by atoms with E-state index < -0.39 is 0 Å². The largest absolute Gasteiger partial charge is 0.339 e. The van der Waals surface area contributed by atoms with Gasteiger partial charge in [0.05, 0.1) is 0 Å². The molecule has 0 aromatic heterocycles. The molecule has 0 aromatic carbocycles. The van der Waals surface area contributed by atoms with Crippen molar-refractivity contribution in [1.82, 2.24) is 4.90 Å². The van der Waals surface area contributed by atoms with Crippen molar-refractivity contribution in [2.45, 2.75) is 97.4 Å². The fraction of sp³-hybridized carbons (Fsp3) is 0.895. The Morgan fingerprint density at radius 1 is 1.00 bits per heavy atom. The minimum atomic E-state index is -0.300. The van der Waals surface area contributed by atoms with E-state index in [4.69, 9.17) is 0 Å². The normalized spacial score (nSPS) is 17.6. The number of amides is 1. The lowest BCUT2D eigenvalue weighted by molar-refractivity contribution is -0.142. The van der Waals surface area contributed by atoms with Crippen molar-refractivity contribution < 1.29 is 9.59 Å². The molecule has 0 heterocycles. The highest BCUT2D eigenvalue weighted by Crippen LogP contribution is 2.26. The van der Waals surface area contributed by atoms with Crippen molar-refractivity contribution in [3.63, 3.8) is 0 Å². The summed E-state index contributed by atoms with van der Waals surface area (Å²) in [6, 6.07) is 0.429. The number of hydrogen-bond acceptors (Lipinski definition) is 2. The first-order valence-corrected chi connectivity index (χ1v) is 9.21. The van der Waals surface area contributed by atoms with Gasteiger partial charge in [0.25, 0.3) is 0 Å². The summed E-state index contributed by atoms with van der Waals surface area (Å²) in [5.74, 6) is 0.300. The second-order valence-electron chi connectivity index (χ2n) is 7.76. The van der Waals surface area contributed by atoms with Gasteiger partial charge in [0.15, 0.2) is 0 Å². The molecule has 0 bridgehead atoms. The molecule has 0 radical (unpaired) electrons. The fourth-order valence-electron chi connectivity index (χ4n) is 3.31. The van der Waals surface area contributed by atoms with Crippen LogP contribution in [0.15, 0.2) is 0 Å². The van der Waals surface area contributed by atoms with E-state index in [1.807, 2.05) is 20.8 Å².